The Morgan fingerprint density at radius 1 is 1.50 bits per heavy atom. The van der Waals surface area contributed by atoms with Crippen molar-refractivity contribution in [3.8, 4) is 6.07 Å². The van der Waals surface area contributed by atoms with Crippen LogP contribution in [-0.4, -0.2) is 44.7 Å². The number of hydrogen-bond acceptors (Lipinski definition) is 4. The maximum atomic E-state index is 13.3. The minimum Gasteiger partial charge on any atom is -0.383 e. The lowest BCUT2D eigenvalue weighted by Gasteiger charge is -2.16. The Morgan fingerprint density at radius 3 is 2.90 bits per heavy atom. The van der Waals surface area contributed by atoms with Gasteiger partial charge in [-0.2, -0.15) is 5.26 Å². The highest BCUT2D eigenvalue weighted by molar-refractivity contribution is 5.77. The average molecular weight is 279 g/mol. The molecule has 0 aliphatic carbocycles. The molecule has 0 heterocycles. The number of nitrogens with zero attached hydrogens (tertiary/aromatic N) is 2. The Bertz CT molecular complexity index is 500. The minimum atomic E-state index is -0.447. The lowest BCUT2D eigenvalue weighted by atomic mass is 10.1. The first-order valence-electron chi connectivity index (χ1n) is 6.19. The van der Waals surface area contributed by atoms with Gasteiger partial charge in [-0.15, -0.1) is 0 Å². The predicted molar refractivity (Wildman–Crippen MR) is 72.3 cm³/mol. The van der Waals surface area contributed by atoms with Gasteiger partial charge < -0.3 is 10.1 Å². The number of halogens is 1. The van der Waals surface area contributed by atoms with Gasteiger partial charge in [0.25, 0.3) is 0 Å². The fourth-order valence-corrected chi connectivity index (χ4v) is 1.77. The second-order valence-electron chi connectivity index (χ2n) is 4.47. The number of carbonyl (C=O) groups is 1. The van der Waals surface area contributed by atoms with Crippen LogP contribution in [-0.2, 0) is 16.1 Å². The summed E-state index contributed by atoms with van der Waals surface area (Å²) in [5.41, 5.74) is 0.937. The number of carbonyl (C=O) groups excluding carboxylic acids is 1. The second kappa shape index (κ2) is 8.25. The number of methoxy groups -OCH3 is 1. The Morgan fingerprint density at radius 2 is 2.25 bits per heavy atom. The van der Waals surface area contributed by atoms with E-state index in [4.69, 9.17) is 10.00 Å². The van der Waals surface area contributed by atoms with Crippen LogP contribution < -0.4 is 5.32 Å². The zero-order valence-corrected chi connectivity index (χ0v) is 11.6. The fourth-order valence-electron chi connectivity index (χ4n) is 1.77. The van der Waals surface area contributed by atoms with Crippen molar-refractivity contribution in [2.24, 2.45) is 0 Å². The van der Waals surface area contributed by atoms with E-state index in [2.05, 4.69) is 5.32 Å². The van der Waals surface area contributed by atoms with Gasteiger partial charge in [0.05, 0.1) is 24.8 Å². The van der Waals surface area contributed by atoms with Crippen molar-refractivity contribution in [3.05, 3.63) is 35.1 Å². The standard InChI is InChI=1S/C14H18FN3O2/c1-18(10-14(19)17-3-4-20-2)9-12-5-11(8-16)6-13(15)7-12/h5-7H,3-4,9-10H2,1-2H3,(H,17,19). The summed E-state index contributed by atoms with van der Waals surface area (Å²) in [5.74, 6) is -0.571. The summed E-state index contributed by atoms with van der Waals surface area (Å²) in [6.07, 6.45) is 0. The van der Waals surface area contributed by atoms with Gasteiger partial charge in [0.2, 0.25) is 5.91 Å². The third kappa shape index (κ3) is 5.78. The zero-order valence-electron chi connectivity index (χ0n) is 11.6. The minimum absolute atomic E-state index is 0.124. The molecule has 0 saturated heterocycles. The van der Waals surface area contributed by atoms with Crippen LogP contribution in [0.3, 0.4) is 0 Å². The molecule has 0 radical (unpaired) electrons. The molecule has 1 amide bonds. The summed E-state index contributed by atoms with van der Waals surface area (Å²) in [6.45, 7) is 1.51. The molecule has 5 nitrogen and oxygen atoms in total. The molecule has 0 aliphatic heterocycles. The number of nitriles is 1. The number of rotatable bonds is 7. The summed E-state index contributed by atoms with van der Waals surface area (Å²) in [5, 5.41) is 11.5. The van der Waals surface area contributed by atoms with Gasteiger partial charge in [0.1, 0.15) is 5.82 Å². The van der Waals surface area contributed by atoms with E-state index in [1.807, 2.05) is 6.07 Å². The third-order valence-corrected chi connectivity index (χ3v) is 2.58. The number of nitrogens with one attached hydrogen (secondary N) is 1. The molecule has 1 aromatic rings. The van der Waals surface area contributed by atoms with Gasteiger partial charge in [-0.05, 0) is 30.8 Å². The molecule has 0 saturated carbocycles. The summed E-state index contributed by atoms with van der Waals surface area (Å²) >= 11 is 0. The first kappa shape index (κ1) is 16.1. The van der Waals surface area contributed by atoms with E-state index in [0.29, 0.717) is 25.3 Å². The van der Waals surface area contributed by atoms with E-state index in [0.717, 1.165) is 0 Å². The molecule has 0 atom stereocenters. The van der Waals surface area contributed by atoms with Crippen LogP contribution in [0.15, 0.2) is 18.2 Å². The number of amides is 1. The van der Waals surface area contributed by atoms with Crippen molar-refractivity contribution >= 4 is 5.91 Å². The lowest BCUT2D eigenvalue weighted by molar-refractivity contribution is -0.122. The molecule has 1 rings (SSSR count). The Balaban J connectivity index is 2.50. The van der Waals surface area contributed by atoms with Crippen LogP contribution in [0.1, 0.15) is 11.1 Å². The summed E-state index contributed by atoms with van der Waals surface area (Å²) in [4.78, 5) is 13.3. The maximum Gasteiger partial charge on any atom is 0.234 e. The van der Waals surface area contributed by atoms with Crippen LogP contribution in [0, 0.1) is 17.1 Å². The molecule has 0 aromatic heterocycles. The van der Waals surface area contributed by atoms with E-state index >= 15 is 0 Å². The monoisotopic (exact) mass is 279 g/mol. The van der Waals surface area contributed by atoms with Gasteiger partial charge in [-0.1, -0.05) is 0 Å². The van der Waals surface area contributed by atoms with E-state index < -0.39 is 5.82 Å². The average Bonchev–Trinajstić information content (AvgIpc) is 2.37. The van der Waals surface area contributed by atoms with Crippen LogP contribution >= 0.6 is 0 Å². The van der Waals surface area contributed by atoms with Crippen LogP contribution in [0.4, 0.5) is 4.39 Å². The molecule has 0 bridgehead atoms. The molecule has 0 unspecified atom stereocenters. The summed E-state index contributed by atoms with van der Waals surface area (Å²) < 4.78 is 18.1. The number of ether oxygens (including phenoxy) is 1. The largest absolute Gasteiger partial charge is 0.383 e. The Labute approximate surface area is 117 Å². The molecule has 0 aliphatic rings. The van der Waals surface area contributed by atoms with Crippen molar-refractivity contribution in [1.82, 2.24) is 10.2 Å². The molecule has 1 N–H and O–H groups in total. The van der Waals surface area contributed by atoms with Crippen LogP contribution in [0.25, 0.3) is 0 Å². The van der Waals surface area contributed by atoms with Gasteiger partial charge in [0.15, 0.2) is 0 Å². The highest BCUT2D eigenvalue weighted by atomic mass is 19.1. The summed E-state index contributed by atoms with van der Waals surface area (Å²) in [6, 6.07) is 6.06. The zero-order chi connectivity index (χ0) is 15.0. The Kier molecular flexibility index (Phi) is 6.64. The molecule has 108 valence electrons. The highest BCUT2D eigenvalue weighted by Crippen LogP contribution is 2.10. The van der Waals surface area contributed by atoms with Gasteiger partial charge in [0, 0.05) is 20.2 Å². The third-order valence-electron chi connectivity index (χ3n) is 2.58. The first-order valence-corrected chi connectivity index (χ1v) is 6.19. The molecular formula is C14H18FN3O2. The SMILES string of the molecule is COCCNC(=O)CN(C)Cc1cc(F)cc(C#N)c1. The molecule has 0 fully saturated rings. The summed E-state index contributed by atoms with van der Waals surface area (Å²) in [7, 11) is 3.32. The smallest absolute Gasteiger partial charge is 0.234 e. The van der Waals surface area contributed by atoms with Crippen molar-refractivity contribution in [1.29, 1.82) is 5.26 Å². The molecular weight excluding hydrogens is 261 g/mol. The quantitative estimate of drug-likeness (QED) is 0.753. The highest BCUT2D eigenvalue weighted by Gasteiger charge is 2.08. The van der Waals surface area contributed by atoms with E-state index in [1.54, 1.807) is 25.1 Å². The molecule has 20 heavy (non-hydrogen) atoms. The molecule has 0 spiro atoms. The van der Waals surface area contributed by atoms with Crippen molar-refractivity contribution in [3.63, 3.8) is 0 Å². The van der Waals surface area contributed by atoms with E-state index in [9.17, 15) is 9.18 Å². The van der Waals surface area contributed by atoms with Gasteiger partial charge in [-0.3, -0.25) is 9.69 Å². The molecule has 6 heteroatoms. The van der Waals surface area contributed by atoms with Gasteiger partial charge in [-0.25, -0.2) is 4.39 Å². The normalized spacial score (nSPS) is 10.3. The topological polar surface area (TPSA) is 65.4 Å². The number of likely N-dealkylation sites (N-methyl/N-ethyl adjacent to an activating group) is 1. The number of hydrogen-bond donors (Lipinski definition) is 1. The van der Waals surface area contributed by atoms with Crippen molar-refractivity contribution in [2.45, 2.75) is 6.54 Å². The van der Waals surface area contributed by atoms with E-state index in [1.165, 1.54) is 12.1 Å². The fraction of sp³-hybridized carbons (Fsp3) is 0.429. The van der Waals surface area contributed by atoms with Gasteiger partial charge >= 0.3 is 0 Å². The van der Waals surface area contributed by atoms with Crippen molar-refractivity contribution in [2.75, 3.05) is 33.9 Å². The second-order valence-corrected chi connectivity index (χ2v) is 4.47. The Hall–Kier alpha value is -1.97. The van der Waals surface area contributed by atoms with Crippen molar-refractivity contribution < 1.29 is 13.9 Å². The van der Waals surface area contributed by atoms with Crippen LogP contribution in [0.5, 0.6) is 0 Å². The lowest BCUT2D eigenvalue weighted by Crippen LogP contribution is -2.36. The maximum absolute atomic E-state index is 13.3. The first-order chi connectivity index (χ1) is 9.55. The number of benzene rings is 1. The molecule has 1 aromatic carbocycles. The predicted octanol–water partition coefficient (Wildman–Crippen LogP) is 0.892. The van der Waals surface area contributed by atoms with E-state index in [-0.39, 0.29) is 18.0 Å². The van der Waals surface area contributed by atoms with Crippen LogP contribution in [0.2, 0.25) is 0 Å².